The first-order valence-electron chi connectivity index (χ1n) is 10.2. The minimum atomic E-state index is -1.00. The van der Waals surface area contributed by atoms with Gasteiger partial charge in [-0.05, 0) is 42.5 Å². The largest absolute Gasteiger partial charge is 0.495 e. The zero-order chi connectivity index (χ0) is 24.2. The number of esters is 1. The molecule has 1 N–H and O–H groups in total. The highest BCUT2D eigenvalue weighted by atomic mass is 79.9. The lowest BCUT2D eigenvalue weighted by atomic mass is 10.1. The van der Waals surface area contributed by atoms with Gasteiger partial charge in [0.1, 0.15) is 11.6 Å². The van der Waals surface area contributed by atoms with Crippen molar-refractivity contribution in [3.8, 4) is 11.4 Å². The van der Waals surface area contributed by atoms with E-state index in [2.05, 4.69) is 26.2 Å². The Morgan fingerprint density at radius 3 is 2.41 bits per heavy atom. The van der Waals surface area contributed by atoms with E-state index >= 15 is 0 Å². The number of carbonyl (C=O) groups is 2. The van der Waals surface area contributed by atoms with Crippen LogP contribution in [0.1, 0.15) is 21.0 Å². The maximum atomic E-state index is 13.4. The molecule has 0 aliphatic heterocycles. The van der Waals surface area contributed by atoms with E-state index < -0.39 is 16.7 Å². The molecule has 1 atom stereocenters. The number of hydrogen-bond donors (Lipinski definition) is 1. The Morgan fingerprint density at radius 1 is 1.00 bits per heavy atom. The third kappa shape index (κ3) is 4.42. The summed E-state index contributed by atoms with van der Waals surface area (Å²) in [5, 5.41) is 3.18. The summed E-state index contributed by atoms with van der Waals surface area (Å²) in [6, 6.07) is 20.5. The molecule has 172 valence electrons. The minimum Gasteiger partial charge on any atom is -0.495 e. The summed E-state index contributed by atoms with van der Waals surface area (Å²) in [5.74, 6) is -0.502. The average molecular weight is 522 g/mol. The molecule has 1 amide bonds. The number of methoxy groups -OCH3 is 2. The molecule has 0 bridgehead atoms. The van der Waals surface area contributed by atoms with Gasteiger partial charge in [-0.15, -0.1) is 0 Å². The summed E-state index contributed by atoms with van der Waals surface area (Å²) in [7, 11) is 2.72. The van der Waals surface area contributed by atoms with Gasteiger partial charge in [-0.2, -0.15) is 0 Å². The molecule has 4 aromatic rings. The highest BCUT2D eigenvalue weighted by Crippen LogP contribution is 2.30. The van der Waals surface area contributed by atoms with Crippen molar-refractivity contribution in [3.63, 3.8) is 0 Å². The second kappa shape index (κ2) is 9.88. The lowest BCUT2D eigenvalue weighted by Gasteiger charge is -2.18. The van der Waals surface area contributed by atoms with E-state index in [9.17, 15) is 14.4 Å². The molecule has 1 heterocycles. The van der Waals surface area contributed by atoms with E-state index in [-0.39, 0.29) is 22.6 Å². The SMILES string of the molecule is COC(=O)c1ccc(OC)c(NC(=O)C(Br)c2nc3ccccc3c(=O)n2-c2ccccc2)c1. The van der Waals surface area contributed by atoms with Crippen LogP contribution in [0.4, 0.5) is 5.69 Å². The van der Waals surface area contributed by atoms with Crippen LogP contribution in [0.25, 0.3) is 16.6 Å². The van der Waals surface area contributed by atoms with Crippen LogP contribution in [0.3, 0.4) is 0 Å². The van der Waals surface area contributed by atoms with E-state index in [4.69, 9.17) is 9.47 Å². The van der Waals surface area contributed by atoms with Gasteiger partial charge in [0.2, 0.25) is 5.91 Å². The number of rotatable bonds is 6. The number of benzene rings is 3. The molecule has 3 aromatic carbocycles. The number of alkyl halides is 1. The Balaban J connectivity index is 1.79. The average Bonchev–Trinajstić information content (AvgIpc) is 2.88. The number of ether oxygens (including phenoxy) is 2. The Labute approximate surface area is 203 Å². The number of carbonyl (C=O) groups excluding carboxylic acids is 2. The number of aromatic nitrogens is 2. The van der Waals surface area contributed by atoms with Crippen molar-refractivity contribution in [1.82, 2.24) is 9.55 Å². The van der Waals surface area contributed by atoms with Gasteiger partial charge in [0.05, 0.1) is 42.1 Å². The molecule has 4 rings (SSSR count). The van der Waals surface area contributed by atoms with Crippen LogP contribution in [0, 0.1) is 0 Å². The number of amides is 1. The molecule has 0 aliphatic carbocycles. The van der Waals surface area contributed by atoms with Crippen molar-refractivity contribution in [3.05, 3.63) is 94.5 Å². The predicted octanol–water partition coefficient (Wildman–Crippen LogP) is 4.26. The van der Waals surface area contributed by atoms with Crippen molar-refractivity contribution in [1.29, 1.82) is 0 Å². The smallest absolute Gasteiger partial charge is 0.337 e. The molecule has 0 radical (unpaired) electrons. The molecule has 0 fully saturated rings. The molecule has 0 saturated carbocycles. The van der Waals surface area contributed by atoms with E-state index in [1.807, 2.05) is 6.07 Å². The van der Waals surface area contributed by atoms with Crippen LogP contribution >= 0.6 is 15.9 Å². The summed E-state index contributed by atoms with van der Waals surface area (Å²) < 4.78 is 11.5. The summed E-state index contributed by atoms with van der Waals surface area (Å²) in [6.45, 7) is 0. The second-order valence-corrected chi connectivity index (χ2v) is 8.14. The number of anilines is 1. The highest BCUT2D eigenvalue weighted by Gasteiger charge is 2.26. The number of nitrogens with one attached hydrogen (secondary N) is 1. The lowest BCUT2D eigenvalue weighted by molar-refractivity contribution is -0.115. The fourth-order valence-electron chi connectivity index (χ4n) is 3.51. The van der Waals surface area contributed by atoms with E-state index in [0.29, 0.717) is 22.3 Å². The Morgan fingerprint density at radius 2 is 1.71 bits per heavy atom. The van der Waals surface area contributed by atoms with Gasteiger partial charge in [-0.1, -0.05) is 46.3 Å². The van der Waals surface area contributed by atoms with Crippen molar-refractivity contribution in [2.24, 2.45) is 0 Å². The molecule has 0 aliphatic rings. The zero-order valence-corrected chi connectivity index (χ0v) is 19.9. The summed E-state index contributed by atoms with van der Waals surface area (Å²) in [4.78, 5) is 42.2. The molecule has 0 spiro atoms. The van der Waals surface area contributed by atoms with Crippen LogP contribution in [-0.4, -0.2) is 35.6 Å². The van der Waals surface area contributed by atoms with Crippen LogP contribution in [0.5, 0.6) is 5.75 Å². The predicted molar refractivity (Wildman–Crippen MR) is 132 cm³/mol. The third-order valence-corrected chi connectivity index (χ3v) is 5.98. The van der Waals surface area contributed by atoms with Gasteiger partial charge in [-0.25, -0.2) is 9.78 Å². The molecular weight excluding hydrogens is 502 g/mol. The topological polar surface area (TPSA) is 99.5 Å². The van der Waals surface area contributed by atoms with Crippen LogP contribution in [-0.2, 0) is 9.53 Å². The first-order valence-corrected chi connectivity index (χ1v) is 11.1. The molecule has 8 nitrogen and oxygen atoms in total. The normalized spacial score (nSPS) is 11.6. The van der Waals surface area contributed by atoms with Gasteiger partial charge in [0, 0.05) is 0 Å². The molecule has 0 saturated heterocycles. The van der Waals surface area contributed by atoms with Crippen LogP contribution in [0.15, 0.2) is 77.6 Å². The Hall–Kier alpha value is -3.98. The first-order chi connectivity index (χ1) is 16.4. The number of nitrogens with zero attached hydrogens (tertiary/aromatic N) is 2. The van der Waals surface area contributed by atoms with Crippen molar-refractivity contribution in [2.45, 2.75) is 4.83 Å². The van der Waals surface area contributed by atoms with Gasteiger partial charge in [-0.3, -0.25) is 14.2 Å². The fraction of sp³-hybridized carbons (Fsp3) is 0.120. The van der Waals surface area contributed by atoms with Crippen LogP contribution < -0.4 is 15.6 Å². The summed E-state index contributed by atoms with van der Waals surface area (Å²) in [6.07, 6.45) is 0. The standard InChI is InChI=1S/C25H20BrN3O5/c1-33-20-13-12-15(25(32)34-2)14-19(20)28-23(30)21(26)22-27-18-11-7-6-10-17(18)24(31)29(22)16-8-4-3-5-9-16/h3-14,21H,1-2H3,(H,28,30). The zero-order valence-electron chi connectivity index (χ0n) is 18.3. The van der Waals surface area contributed by atoms with Gasteiger partial charge >= 0.3 is 5.97 Å². The number of para-hydroxylation sites is 2. The quantitative estimate of drug-likeness (QED) is 0.300. The highest BCUT2D eigenvalue weighted by molar-refractivity contribution is 9.09. The van der Waals surface area contributed by atoms with E-state index in [1.54, 1.807) is 54.6 Å². The Kier molecular flexibility index (Phi) is 6.74. The van der Waals surface area contributed by atoms with Gasteiger partial charge in [0.25, 0.3) is 5.56 Å². The van der Waals surface area contributed by atoms with Gasteiger partial charge in [0.15, 0.2) is 4.83 Å². The van der Waals surface area contributed by atoms with Crippen molar-refractivity contribution in [2.75, 3.05) is 19.5 Å². The molecule has 9 heteroatoms. The molecule has 34 heavy (non-hydrogen) atoms. The minimum absolute atomic E-state index is 0.204. The lowest BCUT2D eigenvalue weighted by Crippen LogP contribution is -2.28. The van der Waals surface area contributed by atoms with E-state index in [0.717, 1.165) is 0 Å². The first kappa shape index (κ1) is 23.2. The third-order valence-electron chi connectivity index (χ3n) is 5.15. The summed E-state index contributed by atoms with van der Waals surface area (Å²) >= 11 is 3.42. The Bertz CT molecular complexity index is 1440. The second-order valence-electron chi connectivity index (χ2n) is 7.22. The molecular formula is C25H20BrN3O5. The van der Waals surface area contributed by atoms with Gasteiger partial charge < -0.3 is 14.8 Å². The molecule has 1 unspecified atom stereocenters. The molecule has 1 aromatic heterocycles. The fourth-order valence-corrected chi connectivity index (χ4v) is 3.93. The van der Waals surface area contributed by atoms with Crippen molar-refractivity contribution < 1.29 is 19.1 Å². The maximum Gasteiger partial charge on any atom is 0.337 e. The number of halogens is 1. The van der Waals surface area contributed by atoms with Crippen LogP contribution in [0.2, 0.25) is 0 Å². The number of fused-ring (bicyclic) bond motifs is 1. The summed E-state index contributed by atoms with van der Waals surface area (Å²) in [5.41, 5.74) is 1.26. The van der Waals surface area contributed by atoms with Crippen molar-refractivity contribution >= 4 is 44.4 Å². The monoisotopic (exact) mass is 521 g/mol. The maximum absolute atomic E-state index is 13.4. The van der Waals surface area contributed by atoms with E-state index in [1.165, 1.54) is 30.9 Å². The number of hydrogen-bond acceptors (Lipinski definition) is 6.